The number of aryl methyl sites for hydroxylation is 1. The molecule has 40 heavy (non-hydrogen) atoms. The Balaban J connectivity index is 1.63. The molecule has 1 aliphatic heterocycles. The number of rotatable bonds is 9. The fourth-order valence-corrected chi connectivity index (χ4v) is 4.63. The number of hydrogen-bond acceptors (Lipinski definition) is 5. The Morgan fingerprint density at radius 3 is 2.17 bits per heavy atom. The van der Waals surface area contributed by atoms with Gasteiger partial charge in [0.25, 0.3) is 11.8 Å². The molecule has 2 atom stereocenters. The molecule has 4 rings (SSSR count). The molecule has 2 N–H and O–H groups in total. The van der Waals surface area contributed by atoms with E-state index in [-0.39, 0.29) is 25.4 Å². The zero-order chi connectivity index (χ0) is 28.8. The van der Waals surface area contributed by atoms with E-state index >= 15 is 0 Å². The molecule has 3 amide bonds. The second-order valence-corrected chi connectivity index (χ2v) is 9.56. The van der Waals surface area contributed by atoms with Crippen LogP contribution in [0.15, 0.2) is 72.8 Å². The van der Waals surface area contributed by atoms with Crippen LogP contribution in [0, 0.1) is 12.7 Å². The van der Waals surface area contributed by atoms with Crippen LogP contribution in [0.2, 0.25) is 0 Å². The molecule has 1 heterocycles. The molecule has 0 bridgehead atoms. The number of hydrogen-bond donors (Lipinski definition) is 2. The van der Waals surface area contributed by atoms with Gasteiger partial charge in [0.2, 0.25) is 5.91 Å². The van der Waals surface area contributed by atoms with Gasteiger partial charge in [-0.2, -0.15) is 0 Å². The maximum Gasteiger partial charge on any atom is 0.305 e. The van der Waals surface area contributed by atoms with Gasteiger partial charge in [-0.1, -0.05) is 42.0 Å². The van der Waals surface area contributed by atoms with E-state index in [9.17, 15) is 28.7 Å². The maximum atomic E-state index is 13.7. The van der Waals surface area contributed by atoms with E-state index < -0.39 is 42.2 Å². The fraction of sp³-hybridized carbons (Fsp3) is 0.267. The van der Waals surface area contributed by atoms with Gasteiger partial charge in [0.1, 0.15) is 11.6 Å². The summed E-state index contributed by atoms with van der Waals surface area (Å²) in [4.78, 5) is 54.9. The first kappa shape index (κ1) is 28.3. The molecule has 1 aliphatic rings. The Labute approximate surface area is 231 Å². The summed E-state index contributed by atoms with van der Waals surface area (Å²) in [6.45, 7) is 2.11. The van der Waals surface area contributed by atoms with Crippen LogP contribution < -0.4 is 10.1 Å². The topological polar surface area (TPSA) is 116 Å². The molecule has 208 valence electrons. The summed E-state index contributed by atoms with van der Waals surface area (Å²) in [5, 5.41) is 12.2. The molecule has 0 aromatic heterocycles. The monoisotopic (exact) mass is 547 g/mol. The Bertz CT molecular complexity index is 1380. The lowest BCUT2D eigenvalue weighted by molar-refractivity contribution is -0.142. The van der Waals surface area contributed by atoms with E-state index in [0.29, 0.717) is 22.4 Å². The average Bonchev–Trinajstić information content (AvgIpc) is 3.39. The third kappa shape index (κ3) is 6.63. The molecule has 0 aliphatic carbocycles. The van der Waals surface area contributed by atoms with E-state index in [1.807, 2.05) is 6.92 Å². The van der Waals surface area contributed by atoms with Crippen LogP contribution in [-0.4, -0.2) is 65.0 Å². The summed E-state index contributed by atoms with van der Waals surface area (Å²) < 4.78 is 18.7. The van der Waals surface area contributed by atoms with Crippen LogP contribution in [0.1, 0.15) is 39.5 Å². The van der Waals surface area contributed by atoms with Gasteiger partial charge in [0.05, 0.1) is 26.0 Å². The predicted octanol–water partition coefficient (Wildman–Crippen LogP) is 3.33. The van der Waals surface area contributed by atoms with Crippen molar-refractivity contribution in [2.45, 2.75) is 32.0 Å². The number of amides is 3. The summed E-state index contributed by atoms with van der Waals surface area (Å²) >= 11 is 0. The van der Waals surface area contributed by atoms with Crippen molar-refractivity contribution >= 4 is 23.7 Å². The number of carboxylic acid groups (broad SMARTS) is 1. The van der Waals surface area contributed by atoms with E-state index in [4.69, 9.17) is 4.74 Å². The minimum Gasteiger partial charge on any atom is -0.497 e. The Hall–Kier alpha value is -4.73. The largest absolute Gasteiger partial charge is 0.497 e. The van der Waals surface area contributed by atoms with E-state index in [0.717, 1.165) is 5.56 Å². The summed E-state index contributed by atoms with van der Waals surface area (Å²) in [6, 6.07) is 17.9. The molecule has 1 fully saturated rings. The number of methoxy groups -OCH3 is 1. The molecule has 9 nitrogen and oxygen atoms in total. The van der Waals surface area contributed by atoms with E-state index in [1.54, 1.807) is 48.5 Å². The summed E-state index contributed by atoms with van der Waals surface area (Å²) in [6.07, 6.45) is -1.80. The normalized spacial score (nSPS) is 15.4. The van der Waals surface area contributed by atoms with Gasteiger partial charge in [-0.3, -0.25) is 19.2 Å². The standard InChI is InChI=1S/C30H30FN3O6/c1-19-3-7-22(8-4-19)30(39)34-16-15-33(26(35)17-20-5-13-24(40-2)14-6-20)29(34)28(38)32-25(18-27(36)37)21-9-11-23(31)12-10-21/h3-14,25,29H,15-18H2,1-2H3,(H,32,38)(H,36,37). The van der Waals surface area contributed by atoms with Crippen LogP contribution >= 0.6 is 0 Å². The molecule has 3 aromatic rings. The minimum atomic E-state index is -1.31. The van der Waals surface area contributed by atoms with Gasteiger partial charge >= 0.3 is 5.97 Å². The third-order valence-corrected chi connectivity index (χ3v) is 6.77. The highest BCUT2D eigenvalue weighted by atomic mass is 19.1. The van der Waals surface area contributed by atoms with Crippen molar-refractivity contribution in [3.05, 3.63) is 101 Å². The highest BCUT2D eigenvalue weighted by Gasteiger charge is 2.43. The zero-order valence-corrected chi connectivity index (χ0v) is 22.2. The van der Waals surface area contributed by atoms with Crippen molar-refractivity contribution in [3.8, 4) is 5.75 Å². The minimum absolute atomic E-state index is 0.0170. The third-order valence-electron chi connectivity index (χ3n) is 6.77. The second kappa shape index (κ2) is 12.4. The Morgan fingerprint density at radius 1 is 0.950 bits per heavy atom. The highest BCUT2D eigenvalue weighted by Crippen LogP contribution is 2.24. The number of carboxylic acids is 1. The average molecular weight is 548 g/mol. The number of nitrogens with zero attached hydrogens (tertiary/aromatic N) is 2. The lowest BCUT2D eigenvalue weighted by Gasteiger charge is -2.31. The van der Waals surface area contributed by atoms with Crippen LogP contribution in [-0.2, 0) is 20.8 Å². The maximum absolute atomic E-state index is 13.7. The molecule has 0 radical (unpaired) electrons. The van der Waals surface area contributed by atoms with Crippen molar-refractivity contribution < 1.29 is 33.4 Å². The molecule has 3 aromatic carbocycles. The van der Waals surface area contributed by atoms with Crippen LogP contribution in [0.4, 0.5) is 4.39 Å². The summed E-state index contributed by atoms with van der Waals surface area (Å²) in [7, 11) is 1.54. The Morgan fingerprint density at radius 2 is 1.57 bits per heavy atom. The van der Waals surface area contributed by atoms with Crippen LogP contribution in [0.5, 0.6) is 5.75 Å². The lowest BCUT2D eigenvalue weighted by Crippen LogP contribution is -2.54. The van der Waals surface area contributed by atoms with Crippen molar-refractivity contribution in [2.75, 3.05) is 20.2 Å². The van der Waals surface area contributed by atoms with Crippen molar-refractivity contribution in [3.63, 3.8) is 0 Å². The number of nitrogens with one attached hydrogen (secondary N) is 1. The fourth-order valence-electron chi connectivity index (χ4n) is 4.63. The first-order valence-corrected chi connectivity index (χ1v) is 12.7. The number of aliphatic carboxylic acids is 1. The van der Waals surface area contributed by atoms with Crippen molar-refractivity contribution in [2.24, 2.45) is 0 Å². The van der Waals surface area contributed by atoms with Crippen LogP contribution in [0.3, 0.4) is 0 Å². The first-order chi connectivity index (χ1) is 19.2. The molecule has 1 saturated heterocycles. The number of halogens is 1. The van der Waals surface area contributed by atoms with E-state index in [2.05, 4.69) is 5.32 Å². The number of benzene rings is 3. The molecular weight excluding hydrogens is 517 g/mol. The Kier molecular flexibility index (Phi) is 8.78. The van der Waals surface area contributed by atoms with Gasteiger partial charge in [0, 0.05) is 18.7 Å². The van der Waals surface area contributed by atoms with Crippen LogP contribution in [0.25, 0.3) is 0 Å². The molecule has 2 unspecified atom stereocenters. The SMILES string of the molecule is COc1ccc(CC(=O)N2CCN(C(=O)c3ccc(C)cc3)C2C(=O)NC(CC(=O)O)c2ccc(F)cc2)cc1. The van der Waals surface area contributed by atoms with Crippen molar-refractivity contribution in [1.29, 1.82) is 0 Å². The van der Waals surface area contributed by atoms with Crippen molar-refractivity contribution in [1.82, 2.24) is 15.1 Å². The van der Waals surface area contributed by atoms with E-state index in [1.165, 1.54) is 41.2 Å². The summed E-state index contributed by atoms with van der Waals surface area (Å²) in [5.74, 6) is -2.57. The number of carbonyl (C=O) groups is 4. The number of carbonyl (C=O) groups excluding carboxylic acids is 3. The molecule has 0 spiro atoms. The molecular formula is C30H30FN3O6. The predicted molar refractivity (Wildman–Crippen MR) is 144 cm³/mol. The van der Waals surface area contributed by atoms with Gasteiger partial charge < -0.3 is 25.0 Å². The lowest BCUT2D eigenvalue weighted by atomic mass is 10.0. The molecule has 0 saturated carbocycles. The van der Waals surface area contributed by atoms with Gasteiger partial charge in [0.15, 0.2) is 6.17 Å². The van der Waals surface area contributed by atoms with Gasteiger partial charge in [-0.25, -0.2) is 4.39 Å². The first-order valence-electron chi connectivity index (χ1n) is 12.7. The zero-order valence-electron chi connectivity index (χ0n) is 22.2. The van der Waals surface area contributed by atoms with Gasteiger partial charge in [-0.05, 0) is 54.4 Å². The summed E-state index contributed by atoms with van der Waals surface area (Å²) in [5.41, 5.74) is 2.39. The molecule has 10 heteroatoms. The quantitative estimate of drug-likeness (QED) is 0.425. The number of ether oxygens (including phenoxy) is 1. The van der Waals surface area contributed by atoms with Gasteiger partial charge in [-0.15, -0.1) is 0 Å². The second-order valence-electron chi connectivity index (χ2n) is 9.56. The smallest absolute Gasteiger partial charge is 0.305 e. The highest BCUT2D eigenvalue weighted by molar-refractivity contribution is 5.99.